The lowest BCUT2D eigenvalue weighted by Crippen LogP contribution is -2.48. The number of halogens is 1. The highest BCUT2D eigenvalue weighted by atomic mass is 32.1. The highest BCUT2D eigenvalue weighted by Gasteiger charge is 2.30. The summed E-state index contributed by atoms with van der Waals surface area (Å²) in [6, 6.07) is 17.9. The third kappa shape index (κ3) is 5.68. The molecule has 3 aromatic rings. The molecule has 0 bridgehead atoms. The molecule has 174 valence electrons. The molecule has 1 aliphatic rings. The number of anilines is 1. The number of thiophene rings is 1. The van der Waals surface area contributed by atoms with E-state index >= 15 is 0 Å². The van der Waals surface area contributed by atoms with Crippen LogP contribution in [-0.4, -0.2) is 60.1 Å². The molecule has 1 saturated heterocycles. The van der Waals surface area contributed by atoms with Gasteiger partial charge in [-0.2, -0.15) is 0 Å². The number of carbonyl (C=O) groups excluding carboxylic acids is 1. The van der Waals surface area contributed by atoms with Gasteiger partial charge in [-0.3, -0.25) is 14.6 Å². The Kier molecular flexibility index (Phi) is 7.88. The van der Waals surface area contributed by atoms with Crippen LogP contribution in [0.5, 0.6) is 0 Å². The Hall–Kier alpha value is -2.58. The van der Waals surface area contributed by atoms with Crippen molar-refractivity contribution >= 4 is 22.2 Å². The molecule has 0 aliphatic carbocycles. The van der Waals surface area contributed by atoms with E-state index in [-0.39, 0.29) is 24.4 Å². The predicted molar refractivity (Wildman–Crippen MR) is 131 cm³/mol. The molecule has 1 aromatic heterocycles. The Labute approximate surface area is 198 Å². The molecule has 1 amide bonds. The van der Waals surface area contributed by atoms with Gasteiger partial charge in [-0.05, 0) is 42.3 Å². The molecular formula is C26H30FN3O2S. The fourth-order valence-electron chi connectivity index (χ4n) is 4.35. The van der Waals surface area contributed by atoms with E-state index in [4.69, 9.17) is 0 Å². The number of nitrogens with zero attached hydrogens (tertiary/aromatic N) is 2. The van der Waals surface area contributed by atoms with E-state index in [9.17, 15) is 14.3 Å². The van der Waals surface area contributed by atoms with Crippen molar-refractivity contribution in [2.45, 2.75) is 19.4 Å². The van der Waals surface area contributed by atoms with E-state index in [1.807, 2.05) is 24.3 Å². The summed E-state index contributed by atoms with van der Waals surface area (Å²) in [6.07, 6.45) is 0.860. The molecule has 7 heteroatoms. The second-order valence-electron chi connectivity index (χ2n) is 8.23. The second-order valence-corrected chi connectivity index (χ2v) is 9.37. The fraction of sp³-hybridized carbons (Fsp3) is 0.346. The summed E-state index contributed by atoms with van der Waals surface area (Å²) in [5.41, 5.74) is 2.48. The van der Waals surface area contributed by atoms with Crippen LogP contribution >= 0.6 is 11.3 Å². The van der Waals surface area contributed by atoms with Gasteiger partial charge >= 0.3 is 0 Å². The highest BCUT2D eigenvalue weighted by Crippen LogP contribution is 2.40. The number of aliphatic hydroxyl groups is 1. The van der Waals surface area contributed by atoms with Crippen molar-refractivity contribution in [1.82, 2.24) is 9.80 Å². The predicted octanol–water partition coefficient (Wildman–Crippen LogP) is 4.40. The van der Waals surface area contributed by atoms with Crippen LogP contribution in [0.3, 0.4) is 0 Å². The number of carbonyl (C=O) groups is 1. The maximum Gasteiger partial charge on any atom is 0.256 e. The summed E-state index contributed by atoms with van der Waals surface area (Å²) in [6.45, 7) is 6.17. The minimum atomic E-state index is -0.266. The molecule has 4 rings (SSSR count). The number of piperazine rings is 1. The largest absolute Gasteiger partial charge is 0.395 e. The standard InChI is InChI=1S/C26H30FN3O2S/c1-2-22-18-23(26(33-22)28-25(32)19-7-4-3-5-8-19)24(20-9-6-10-21(27)17-20)30-13-11-29(12-14-30)15-16-31/h3-10,17-18,24,31H,2,11-16H2,1H3,(H,28,32)/t24-/m1/s1. The Morgan fingerprint density at radius 1 is 1.09 bits per heavy atom. The minimum Gasteiger partial charge on any atom is -0.395 e. The number of β-amino-alcohol motifs (C(OH)–C–C–N with tert-alkyl or cyclic N) is 1. The third-order valence-corrected chi connectivity index (χ3v) is 7.28. The summed E-state index contributed by atoms with van der Waals surface area (Å²) >= 11 is 1.59. The van der Waals surface area contributed by atoms with Crippen molar-refractivity contribution < 1.29 is 14.3 Å². The molecule has 0 spiro atoms. The van der Waals surface area contributed by atoms with Gasteiger partial charge in [0.15, 0.2) is 0 Å². The number of hydrogen-bond acceptors (Lipinski definition) is 5. The number of benzene rings is 2. The van der Waals surface area contributed by atoms with Crippen molar-refractivity contribution in [2.75, 3.05) is 44.6 Å². The van der Waals surface area contributed by atoms with E-state index in [2.05, 4.69) is 28.1 Å². The molecule has 0 unspecified atom stereocenters. The SMILES string of the molecule is CCc1cc([C@@H](c2cccc(F)c2)N2CCN(CCO)CC2)c(NC(=O)c2ccccc2)s1. The van der Waals surface area contributed by atoms with E-state index in [1.54, 1.807) is 35.6 Å². The van der Waals surface area contributed by atoms with Crippen molar-refractivity contribution in [1.29, 1.82) is 0 Å². The first kappa shape index (κ1) is 23.6. The van der Waals surface area contributed by atoms with Gasteiger partial charge in [0.2, 0.25) is 0 Å². The van der Waals surface area contributed by atoms with Gasteiger partial charge in [-0.15, -0.1) is 11.3 Å². The Morgan fingerprint density at radius 3 is 2.52 bits per heavy atom. The van der Waals surface area contributed by atoms with E-state index < -0.39 is 0 Å². The number of nitrogens with one attached hydrogen (secondary N) is 1. The fourth-order valence-corrected chi connectivity index (χ4v) is 5.37. The van der Waals surface area contributed by atoms with Crippen LogP contribution in [0.2, 0.25) is 0 Å². The number of rotatable bonds is 8. The molecule has 0 saturated carbocycles. The van der Waals surface area contributed by atoms with Crippen LogP contribution in [0.25, 0.3) is 0 Å². The van der Waals surface area contributed by atoms with Crippen LogP contribution in [-0.2, 0) is 6.42 Å². The van der Waals surface area contributed by atoms with Crippen molar-refractivity contribution in [3.8, 4) is 0 Å². The van der Waals surface area contributed by atoms with Gasteiger partial charge in [0, 0.05) is 48.7 Å². The first-order valence-electron chi connectivity index (χ1n) is 11.4. The Balaban J connectivity index is 1.69. The smallest absolute Gasteiger partial charge is 0.256 e. The lowest BCUT2D eigenvalue weighted by Gasteiger charge is -2.39. The maximum absolute atomic E-state index is 14.3. The van der Waals surface area contributed by atoms with Crippen molar-refractivity contribution in [2.24, 2.45) is 0 Å². The second kappa shape index (κ2) is 11.0. The van der Waals surface area contributed by atoms with Crippen LogP contribution in [0.15, 0.2) is 60.7 Å². The Bertz CT molecular complexity index is 1060. The third-order valence-electron chi connectivity index (χ3n) is 6.07. The molecule has 2 heterocycles. The number of amides is 1. The lowest BCUT2D eigenvalue weighted by molar-refractivity contribution is 0.0945. The van der Waals surface area contributed by atoms with Crippen LogP contribution in [0.1, 0.15) is 39.3 Å². The van der Waals surface area contributed by atoms with E-state index in [1.165, 1.54) is 10.9 Å². The van der Waals surface area contributed by atoms with Gasteiger partial charge in [-0.25, -0.2) is 4.39 Å². The summed E-state index contributed by atoms with van der Waals surface area (Å²) in [5, 5.41) is 13.2. The maximum atomic E-state index is 14.3. The molecule has 1 fully saturated rings. The van der Waals surface area contributed by atoms with Gasteiger partial charge in [0.1, 0.15) is 10.8 Å². The zero-order valence-electron chi connectivity index (χ0n) is 18.8. The first-order valence-corrected chi connectivity index (χ1v) is 12.2. The number of aliphatic hydroxyl groups excluding tert-OH is 1. The summed E-state index contributed by atoms with van der Waals surface area (Å²) in [7, 11) is 0. The molecule has 1 atom stereocenters. The monoisotopic (exact) mass is 467 g/mol. The topological polar surface area (TPSA) is 55.8 Å². The van der Waals surface area contributed by atoms with Crippen molar-refractivity contribution in [3.05, 3.63) is 88.0 Å². The molecule has 2 N–H and O–H groups in total. The number of aryl methyl sites for hydroxylation is 1. The van der Waals surface area contributed by atoms with Crippen LogP contribution in [0, 0.1) is 5.82 Å². The van der Waals surface area contributed by atoms with Gasteiger partial charge in [-0.1, -0.05) is 37.3 Å². The van der Waals surface area contributed by atoms with E-state index in [0.29, 0.717) is 12.1 Å². The Morgan fingerprint density at radius 2 is 1.85 bits per heavy atom. The molecule has 2 aromatic carbocycles. The average Bonchev–Trinajstić information content (AvgIpc) is 3.23. The quantitative estimate of drug-likeness (QED) is 0.516. The van der Waals surface area contributed by atoms with Crippen LogP contribution in [0.4, 0.5) is 9.39 Å². The normalized spacial score (nSPS) is 16.0. The minimum absolute atomic E-state index is 0.146. The molecule has 0 radical (unpaired) electrons. The summed E-state index contributed by atoms with van der Waals surface area (Å²) < 4.78 is 14.3. The molecule has 1 aliphatic heterocycles. The zero-order chi connectivity index (χ0) is 23.2. The highest BCUT2D eigenvalue weighted by molar-refractivity contribution is 7.16. The molecular weight excluding hydrogens is 437 g/mol. The average molecular weight is 468 g/mol. The summed E-state index contributed by atoms with van der Waals surface area (Å²) in [5.74, 6) is -0.413. The first-order chi connectivity index (χ1) is 16.1. The molecule has 33 heavy (non-hydrogen) atoms. The van der Waals surface area contributed by atoms with Gasteiger partial charge < -0.3 is 10.4 Å². The summed E-state index contributed by atoms with van der Waals surface area (Å²) in [4.78, 5) is 18.7. The van der Waals surface area contributed by atoms with Crippen LogP contribution < -0.4 is 5.32 Å². The lowest BCUT2D eigenvalue weighted by atomic mass is 9.97. The molecule has 5 nitrogen and oxygen atoms in total. The zero-order valence-corrected chi connectivity index (χ0v) is 19.7. The van der Waals surface area contributed by atoms with E-state index in [0.717, 1.165) is 48.7 Å². The van der Waals surface area contributed by atoms with Gasteiger partial charge in [0.05, 0.1) is 12.6 Å². The van der Waals surface area contributed by atoms with Gasteiger partial charge in [0.25, 0.3) is 5.91 Å². The van der Waals surface area contributed by atoms with Crippen molar-refractivity contribution in [3.63, 3.8) is 0 Å². The number of hydrogen-bond donors (Lipinski definition) is 2.